The van der Waals surface area contributed by atoms with Crippen LogP contribution in [-0.2, 0) is 6.42 Å². The highest BCUT2D eigenvalue weighted by atomic mass is 127. The molecule has 0 aromatic heterocycles. The van der Waals surface area contributed by atoms with E-state index in [1.165, 1.54) is 23.8 Å². The Hall–Kier alpha value is -0.500. The Balaban J connectivity index is 0.00000484. The maximum absolute atomic E-state index is 13.1. The van der Waals surface area contributed by atoms with Crippen LogP contribution in [0.3, 0.4) is 0 Å². The zero-order valence-corrected chi connectivity index (χ0v) is 17.5. The second-order valence-electron chi connectivity index (χ2n) is 5.21. The summed E-state index contributed by atoms with van der Waals surface area (Å²) in [7, 11) is 0. The molecule has 0 aliphatic carbocycles. The van der Waals surface area contributed by atoms with E-state index in [9.17, 15) is 4.39 Å². The van der Waals surface area contributed by atoms with E-state index in [0.29, 0.717) is 0 Å². The number of aliphatic imine (C=N–C) groups is 1. The van der Waals surface area contributed by atoms with Gasteiger partial charge in [-0.1, -0.05) is 6.07 Å². The Labute approximate surface area is 161 Å². The second kappa shape index (κ2) is 13.9. The smallest absolute Gasteiger partial charge is 0.191 e. The van der Waals surface area contributed by atoms with Gasteiger partial charge in [-0.15, -0.1) is 24.0 Å². The average molecular weight is 453 g/mol. The maximum Gasteiger partial charge on any atom is 0.191 e. The monoisotopic (exact) mass is 453 g/mol. The van der Waals surface area contributed by atoms with Gasteiger partial charge in [-0.05, 0) is 68.4 Å². The third-order valence-corrected chi connectivity index (χ3v) is 4.06. The van der Waals surface area contributed by atoms with Crippen molar-refractivity contribution in [2.45, 2.75) is 33.1 Å². The number of hydrogen-bond acceptors (Lipinski definition) is 2. The Morgan fingerprint density at radius 2 is 2.04 bits per heavy atom. The van der Waals surface area contributed by atoms with Crippen molar-refractivity contribution in [3.63, 3.8) is 0 Å². The molecule has 0 atom stereocenters. The summed E-state index contributed by atoms with van der Waals surface area (Å²) in [5, 5.41) is 6.60. The lowest BCUT2D eigenvalue weighted by molar-refractivity contribution is 0.625. The number of nitrogens with one attached hydrogen (secondary N) is 2. The molecule has 3 nitrogen and oxygen atoms in total. The predicted octanol–water partition coefficient (Wildman–Crippen LogP) is 3.99. The summed E-state index contributed by atoms with van der Waals surface area (Å²) in [6.45, 7) is 6.51. The first kappa shape index (κ1) is 22.5. The number of thioether (sulfide) groups is 1. The average Bonchev–Trinajstić information content (AvgIpc) is 2.49. The van der Waals surface area contributed by atoms with Crippen molar-refractivity contribution in [2.75, 3.05) is 31.6 Å². The van der Waals surface area contributed by atoms with Crippen LogP contribution in [-0.4, -0.2) is 37.6 Å². The highest BCUT2D eigenvalue weighted by Gasteiger charge is 2.01. The molecule has 0 aliphatic heterocycles. The largest absolute Gasteiger partial charge is 0.357 e. The molecule has 23 heavy (non-hydrogen) atoms. The van der Waals surface area contributed by atoms with Crippen molar-refractivity contribution in [3.8, 4) is 0 Å². The molecule has 0 saturated carbocycles. The molecule has 0 amide bonds. The topological polar surface area (TPSA) is 36.4 Å². The number of rotatable bonds is 9. The van der Waals surface area contributed by atoms with Gasteiger partial charge < -0.3 is 10.6 Å². The molecular weight excluding hydrogens is 424 g/mol. The van der Waals surface area contributed by atoms with Gasteiger partial charge >= 0.3 is 0 Å². The summed E-state index contributed by atoms with van der Waals surface area (Å²) in [5.74, 6) is 1.89. The zero-order valence-electron chi connectivity index (χ0n) is 14.3. The molecule has 0 fully saturated rings. The molecule has 1 rings (SSSR count). The first-order valence-corrected chi connectivity index (χ1v) is 9.33. The number of halogens is 2. The maximum atomic E-state index is 13.1. The van der Waals surface area contributed by atoms with E-state index in [1.54, 1.807) is 6.07 Å². The fourth-order valence-electron chi connectivity index (χ4n) is 2.15. The minimum absolute atomic E-state index is 0. The lowest BCUT2D eigenvalue weighted by atomic mass is 10.1. The van der Waals surface area contributed by atoms with Crippen molar-refractivity contribution in [2.24, 2.45) is 4.99 Å². The van der Waals surface area contributed by atoms with Crippen molar-refractivity contribution in [1.29, 1.82) is 0 Å². The minimum atomic E-state index is -0.172. The van der Waals surface area contributed by atoms with Crippen LogP contribution >= 0.6 is 35.7 Å². The van der Waals surface area contributed by atoms with Gasteiger partial charge in [0.05, 0.1) is 0 Å². The van der Waals surface area contributed by atoms with Gasteiger partial charge in [0.25, 0.3) is 0 Å². The first-order chi connectivity index (χ1) is 10.7. The summed E-state index contributed by atoms with van der Waals surface area (Å²) >= 11 is 1.88. The van der Waals surface area contributed by atoms with E-state index in [0.717, 1.165) is 44.0 Å². The fourth-order valence-corrected chi connectivity index (χ4v) is 2.64. The number of guanidine groups is 1. The van der Waals surface area contributed by atoms with Crippen LogP contribution in [0.1, 0.15) is 30.9 Å². The van der Waals surface area contributed by atoms with Gasteiger partial charge in [-0.25, -0.2) is 4.39 Å². The SMILES string of the molecule is CCNC(=NCCCCSC)NCCc1ccc(F)cc1C.I. The molecule has 0 heterocycles. The van der Waals surface area contributed by atoms with Crippen molar-refractivity contribution in [1.82, 2.24) is 10.6 Å². The highest BCUT2D eigenvalue weighted by molar-refractivity contribution is 14.0. The summed E-state index contributed by atoms with van der Waals surface area (Å²) in [5.41, 5.74) is 2.17. The van der Waals surface area contributed by atoms with Crippen molar-refractivity contribution < 1.29 is 4.39 Å². The molecule has 0 unspecified atom stereocenters. The number of hydrogen-bond donors (Lipinski definition) is 2. The standard InChI is InChI=1S/C17H28FN3S.HI/c1-4-19-17(20-10-5-6-12-22-3)21-11-9-15-7-8-16(18)13-14(15)2;/h7-8,13H,4-6,9-12H2,1-3H3,(H2,19,20,21);1H. The van der Waals surface area contributed by atoms with E-state index in [2.05, 4.69) is 28.8 Å². The summed E-state index contributed by atoms with van der Waals surface area (Å²) < 4.78 is 13.1. The van der Waals surface area contributed by atoms with Gasteiger partial charge in [0, 0.05) is 19.6 Å². The lowest BCUT2D eigenvalue weighted by Crippen LogP contribution is -2.38. The number of benzene rings is 1. The van der Waals surface area contributed by atoms with Crippen molar-refractivity contribution >= 4 is 41.7 Å². The van der Waals surface area contributed by atoms with Crippen LogP contribution in [0.15, 0.2) is 23.2 Å². The van der Waals surface area contributed by atoms with E-state index < -0.39 is 0 Å². The van der Waals surface area contributed by atoms with Crippen LogP contribution in [0, 0.1) is 12.7 Å². The number of nitrogens with zero attached hydrogens (tertiary/aromatic N) is 1. The number of unbranched alkanes of at least 4 members (excludes halogenated alkanes) is 1. The molecule has 0 radical (unpaired) electrons. The summed E-state index contributed by atoms with van der Waals surface area (Å²) in [4.78, 5) is 4.58. The third kappa shape index (κ3) is 10.1. The van der Waals surface area contributed by atoms with E-state index in [1.807, 2.05) is 24.8 Å². The lowest BCUT2D eigenvalue weighted by Gasteiger charge is -2.12. The molecular formula is C17H29FIN3S. The van der Waals surface area contributed by atoms with Gasteiger partial charge in [0.2, 0.25) is 0 Å². The Kier molecular flexibility index (Phi) is 13.6. The molecule has 132 valence electrons. The van der Waals surface area contributed by atoms with Crippen LogP contribution < -0.4 is 10.6 Å². The van der Waals surface area contributed by atoms with Gasteiger partial charge in [-0.3, -0.25) is 4.99 Å². The predicted molar refractivity (Wildman–Crippen MR) is 112 cm³/mol. The Morgan fingerprint density at radius 1 is 1.26 bits per heavy atom. The third-order valence-electron chi connectivity index (χ3n) is 3.36. The van der Waals surface area contributed by atoms with Gasteiger partial charge in [0.1, 0.15) is 5.82 Å². The van der Waals surface area contributed by atoms with Crippen LogP contribution in [0.2, 0.25) is 0 Å². The second-order valence-corrected chi connectivity index (χ2v) is 6.19. The molecule has 0 bridgehead atoms. The Morgan fingerprint density at radius 3 is 2.70 bits per heavy atom. The molecule has 0 spiro atoms. The molecule has 2 N–H and O–H groups in total. The molecule has 1 aromatic rings. The van der Waals surface area contributed by atoms with E-state index in [-0.39, 0.29) is 29.8 Å². The van der Waals surface area contributed by atoms with E-state index in [4.69, 9.17) is 0 Å². The minimum Gasteiger partial charge on any atom is -0.357 e. The quantitative estimate of drug-likeness (QED) is 0.257. The van der Waals surface area contributed by atoms with Crippen molar-refractivity contribution in [3.05, 3.63) is 35.1 Å². The summed E-state index contributed by atoms with van der Waals surface area (Å²) in [6, 6.07) is 4.96. The normalized spacial score (nSPS) is 11.0. The van der Waals surface area contributed by atoms with Gasteiger partial charge in [0.15, 0.2) is 5.96 Å². The van der Waals surface area contributed by atoms with E-state index >= 15 is 0 Å². The van der Waals surface area contributed by atoms with Crippen LogP contribution in [0.5, 0.6) is 0 Å². The highest BCUT2D eigenvalue weighted by Crippen LogP contribution is 2.10. The molecule has 6 heteroatoms. The summed E-state index contributed by atoms with van der Waals surface area (Å²) in [6.07, 6.45) is 5.32. The fraction of sp³-hybridized carbons (Fsp3) is 0.588. The van der Waals surface area contributed by atoms with Crippen LogP contribution in [0.4, 0.5) is 4.39 Å². The molecule has 0 saturated heterocycles. The molecule has 0 aliphatic rings. The van der Waals surface area contributed by atoms with Crippen LogP contribution in [0.25, 0.3) is 0 Å². The zero-order chi connectivity index (χ0) is 16.2. The molecule has 1 aromatic carbocycles. The number of aryl methyl sites for hydroxylation is 1. The Bertz CT molecular complexity index is 469. The first-order valence-electron chi connectivity index (χ1n) is 7.93. The van der Waals surface area contributed by atoms with Gasteiger partial charge in [-0.2, -0.15) is 11.8 Å².